The molecule has 2 aromatic rings. The van der Waals surface area contributed by atoms with E-state index in [4.69, 9.17) is 4.74 Å². The largest absolute Gasteiger partial charge is 0.480 e. The van der Waals surface area contributed by atoms with Crippen LogP contribution < -0.4 is 4.90 Å². The number of carbonyl (C=O) groups is 1. The number of nitrogens with zero attached hydrogens (tertiary/aromatic N) is 3. The summed E-state index contributed by atoms with van der Waals surface area (Å²) in [6.45, 7) is 0.247. The number of anilines is 1. The molecule has 3 rings (SSSR count). The standard InChI is InChI=1S/C14H12F3N3O3/c15-7-1-2-9-8(5-7)13(19-12(18-9)11(16)17)20-3-4-23-6-10(20)14(21)22/h1-2,5,10-11H,3-4,6H2,(H,21,22). The summed E-state index contributed by atoms with van der Waals surface area (Å²) in [5, 5.41) is 9.47. The van der Waals surface area contributed by atoms with E-state index in [1.54, 1.807) is 0 Å². The lowest BCUT2D eigenvalue weighted by molar-refractivity contribution is -0.141. The molecule has 1 unspecified atom stereocenters. The fourth-order valence-electron chi connectivity index (χ4n) is 2.48. The number of benzene rings is 1. The summed E-state index contributed by atoms with van der Waals surface area (Å²) in [6.07, 6.45) is -2.92. The van der Waals surface area contributed by atoms with Gasteiger partial charge in [0, 0.05) is 11.9 Å². The van der Waals surface area contributed by atoms with Gasteiger partial charge in [0.2, 0.25) is 0 Å². The Bertz CT molecular complexity index is 757. The number of halogens is 3. The summed E-state index contributed by atoms with van der Waals surface area (Å²) in [5.74, 6) is -2.52. The van der Waals surface area contributed by atoms with Crippen molar-refractivity contribution >= 4 is 22.7 Å². The van der Waals surface area contributed by atoms with Crippen LogP contribution in [0.4, 0.5) is 19.0 Å². The summed E-state index contributed by atoms with van der Waals surface area (Å²) >= 11 is 0. The minimum atomic E-state index is -2.92. The maximum absolute atomic E-state index is 13.5. The molecule has 9 heteroatoms. The van der Waals surface area contributed by atoms with Crippen molar-refractivity contribution in [3.05, 3.63) is 29.8 Å². The number of fused-ring (bicyclic) bond motifs is 1. The SMILES string of the molecule is O=C(O)C1COCCN1c1nc(C(F)F)nc2ccc(F)cc12. The average molecular weight is 327 g/mol. The smallest absolute Gasteiger partial charge is 0.328 e. The van der Waals surface area contributed by atoms with Crippen LogP contribution in [0.1, 0.15) is 12.2 Å². The topological polar surface area (TPSA) is 75.6 Å². The number of hydrogen-bond donors (Lipinski definition) is 1. The predicted molar refractivity (Wildman–Crippen MR) is 74.0 cm³/mol. The van der Waals surface area contributed by atoms with E-state index in [1.807, 2.05) is 0 Å². The minimum Gasteiger partial charge on any atom is -0.480 e. The first-order valence-electron chi connectivity index (χ1n) is 6.80. The summed E-state index contributed by atoms with van der Waals surface area (Å²) in [7, 11) is 0. The first-order chi connectivity index (χ1) is 11.0. The van der Waals surface area contributed by atoms with E-state index in [0.29, 0.717) is 0 Å². The second-order valence-corrected chi connectivity index (χ2v) is 4.99. The van der Waals surface area contributed by atoms with Crippen LogP contribution in [-0.4, -0.2) is 46.8 Å². The van der Waals surface area contributed by atoms with Gasteiger partial charge in [-0.25, -0.2) is 27.9 Å². The van der Waals surface area contributed by atoms with Crippen molar-refractivity contribution in [3.8, 4) is 0 Å². The summed E-state index contributed by atoms with van der Waals surface area (Å²) in [5.41, 5.74) is 0.127. The highest BCUT2D eigenvalue weighted by Crippen LogP contribution is 2.30. The normalized spacial score (nSPS) is 18.6. The zero-order valence-corrected chi connectivity index (χ0v) is 11.7. The molecule has 1 fully saturated rings. The lowest BCUT2D eigenvalue weighted by Crippen LogP contribution is -2.50. The highest BCUT2D eigenvalue weighted by atomic mass is 19.3. The Kier molecular flexibility index (Phi) is 4.03. The molecule has 1 aliphatic rings. The lowest BCUT2D eigenvalue weighted by Gasteiger charge is -2.34. The van der Waals surface area contributed by atoms with Gasteiger partial charge in [0.05, 0.1) is 18.7 Å². The molecule has 1 aromatic heterocycles. The Hall–Kier alpha value is -2.42. The van der Waals surface area contributed by atoms with Crippen LogP contribution in [0.25, 0.3) is 10.9 Å². The van der Waals surface area contributed by atoms with Crippen molar-refractivity contribution in [1.82, 2.24) is 9.97 Å². The number of rotatable bonds is 3. The molecule has 6 nitrogen and oxygen atoms in total. The zero-order chi connectivity index (χ0) is 16.6. The van der Waals surface area contributed by atoms with Crippen LogP contribution in [-0.2, 0) is 9.53 Å². The van der Waals surface area contributed by atoms with Gasteiger partial charge in [0.15, 0.2) is 11.9 Å². The number of carboxylic acid groups (broad SMARTS) is 1. The van der Waals surface area contributed by atoms with Crippen molar-refractivity contribution in [1.29, 1.82) is 0 Å². The molecular formula is C14H12F3N3O3. The van der Waals surface area contributed by atoms with Crippen molar-refractivity contribution in [2.75, 3.05) is 24.7 Å². The van der Waals surface area contributed by atoms with Gasteiger partial charge in [-0.05, 0) is 18.2 Å². The second-order valence-electron chi connectivity index (χ2n) is 4.99. The molecular weight excluding hydrogens is 315 g/mol. The average Bonchev–Trinajstić information content (AvgIpc) is 2.53. The van der Waals surface area contributed by atoms with Gasteiger partial charge in [0.25, 0.3) is 6.43 Å². The summed E-state index contributed by atoms with van der Waals surface area (Å²) in [4.78, 5) is 20.2. The fourth-order valence-corrected chi connectivity index (χ4v) is 2.48. The fraction of sp³-hybridized carbons (Fsp3) is 0.357. The first kappa shape index (κ1) is 15.5. The number of aliphatic carboxylic acids is 1. The van der Waals surface area contributed by atoms with Crippen molar-refractivity contribution in [2.24, 2.45) is 0 Å². The van der Waals surface area contributed by atoms with E-state index < -0.39 is 30.1 Å². The number of hydrogen-bond acceptors (Lipinski definition) is 5. The highest BCUT2D eigenvalue weighted by molar-refractivity contribution is 5.92. The molecule has 23 heavy (non-hydrogen) atoms. The molecule has 0 saturated carbocycles. The lowest BCUT2D eigenvalue weighted by atomic mass is 10.1. The number of morpholine rings is 1. The Morgan fingerprint density at radius 3 is 2.87 bits per heavy atom. The van der Waals surface area contributed by atoms with E-state index in [1.165, 1.54) is 11.0 Å². The molecule has 1 atom stereocenters. The zero-order valence-electron chi connectivity index (χ0n) is 11.7. The molecule has 1 N–H and O–H groups in total. The number of alkyl halides is 2. The van der Waals surface area contributed by atoms with Crippen LogP contribution in [0.2, 0.25) is 0 Å². The van der Waals surface area contributed by atoms with E-state index in [-0.39, 0.29) is 36.5 Å². The minimum absolute atomic E-state index is 0.0273. The molecule has 0 bridgehead atoms. The Labute approximate surface area is 128 Å². The molecule has 0 spiro atoms. The summed E-state index contributed by atoms with van der Waals surface area (Å²) in [6, 6.07) is 2.38. The third kappa shape index (κ3) is 2.91. The van der Waals surface area contributed by atoms with Crippen molar-refractivity contribution in [2.45, 2.75) is 12.5 Å². The highest BCUT2D eigenvalue weighted by Gasteiger charge is 2.32. The van der Waals surface area contributed by atoms with E-state index in [2.05, 4.69) is 9.97 Å². The number of carboxylic acids is 1. The van der Waals surface area contributed by atoms with Gasteiger partial charge in [-0.3, -0.25) is 0 Å². The maximum Gasteiger partial charge on any atom is 0.328 e. The van der Waals surface area contributed by atoms with E-state index >= 15 is 0 Å². The molecule has 2 heterocycles. The summed E-state index contributed by atoms with van der Waals surface area (Å²) < 4.78 is 44.7. The third-order valence-electron chi connectivity index (χ3n) is 3.54. The Morgan fingerprint density at radius 2 is 2.17 bits per heavy atom. The van der Waals surface area contributed by atoms with Crippen LogP contribution in [0.3, 0.4) is 0 Å². The quantitative estimate of drug-likeness (QED) is 0.929. The molecule has 1 aliphatic heterocycles. The van der Waals surface area contributed by atoms with Gasteiger partial charge < -0.3 is 14.7 Å². The molecule has 0 radical (unpaired) electrons. The molecule has 0 aliphatic carbocycles. The molecule has 1 aromatic carbocycles. The van der Waals surface area contributed by atoms with Crippen LogP contribution >= 0.6 is 0 Å². The molecule has 1 saturated heterocycles. The van der Waals surface area contributed by atoms with Gasteiger partial charge in [-0.2, -0.15) is 0 Å². The molecule has 122 valence electrons. The van der Waals surface area contributed by atoms with Crippen LogP contribution in [0, 0.1) is 5.82 Å². The predicted octanol–water partition coefficient (Wildman–Crippen LogP) is 2.00. The monoisotopic (exact) mass is 327 g/mol. The van der Waals surface area contributed by atoms with Gasteiger partial charge in [-0.15, -0.1) is 0 Å². The number of aromatic nitrogens is 2. The number of ether oxygens (including phenoxy) is 1. The maximum atomic E-state index is 13.5. The van der Waals surface area contributed by atoms with E-state index in [0.717, 1.165) is 12.1 Å². The molecule has 0 amide bonds. The van der Waals surface area contributed by atoms with Crippen molar-refractivity contribution < 1.29 is 27.8 Å². The van der Waals surface area contributed by atoms with E-state index in [9.17, 15) is 23.1 Å². The van der Waals surface area contributed by atoms with Crippen LogP contribution in [0.15, 0.2) is 18.2 Å². The van der Waals surface area contributed by atoms with Gasteiger partial charge in [-0.1, -0.05) is 0 Å². The second kappa shape index (κ2) is 5.99. The van der Waals surface area contributed by atoms with Gasteiger partial charge >= 0.3 is 5.97 Å². The van der Waals surface area contributed by atoms with Crippen molar-refractivity contribution in [3.63, 3.8) is 0 Å². The first-order valence-corrected chi connectivity index (χ1v) is 6.80. The van der Waals surface area contributed by atoms with Gasteiger partial charge in [0.1, 0.15) is 11.6 Å². The third-order valence-corrected chi connectivity index (χ3v) is 3.54. The Balaban J connectivity index is 2.20. The Morgan fingerprint density at radius 1 is 1.39 bits per heavy atom. The van der Waals surface area contributed by atoms with Crippen LogP contribution in [0.5, 0.6) is 0 Å².